The van der Waals surface area contributed by atoms with Crippen LogP contribution < -0.4 is 11.1 Å². The van der Waals surface area contributed by atoms with Crippen molar-refractivity contribution in [2.75, 3.05) is 20.3 Å². The van der Waals surface area contributed by atoms with Gasteiger partial charge in [-0.2, -0.15) is 9.49 Å². The lowest BCUT2D eigenvalue weighted by molar-refractivity contribution is -0.172. The van der Waals surface area contributed by atoms with E-state index < -0.39 is 42.4 Å². The molecule has 5 unspecified atom stereocenters. The largest absolute Gasteiger partial charge is 0.397 e. The number of nitrogens with one attached hydrogen (secondary N) is 1. The van der Waals surface area contributed by atoms with E-state index in [0.717, 1.165) is 25.0 Å². The minimum absolute atomic E-state index is 0.0501. The monoisotopic (exact) mass is 711 g/mol. The van der Waals surface area contributed by atoms with Crippen LogP contribution in [-0.2, 0) is 4.74 Å². The molecular weight excluding hydrogens is 664 g/mol. The van der Waals surface area contributed by atoms with E-state index in [1.54, 1.807) is 38.7 Å². The molecule has 272 valence electrons. The second-order valence-corrected chi connectivity index (χ2v) is 11.9. The maximum atomic E-state index is 13.7. The van der Waals surface area contributed by atoms with E-state index >= 15 is 0 Å². The Morgan fingerprint density at radius 1 is 1.16 bits per heavy atom. The molecule has 0 amide bonds. The molecule has 5 atom stereocenters. The van der Waals surface area contributed by atoms with Gasteiger partial charge < -0.3 is 41.3 Å². The van der Waals surface area contributed by atoms with Crippen LogP contribution in [0.3, 0.4) is 0 Å². The Hall–Kier alpha value is -3.71. The minimum Gasteiger partial charge on any atom is -0.397 e. The van der Waals surface area contributed by atoms with E-state index in [1.165, 1.54) is 48.4 Å². The first-order chi connectivity index (χ1) is 23.4. The number of ether oxygens (including phenoxy) is 1. The number of nitrogens with zero attached hydrogens (tertiary/aromatic N) is 5. The van der Waals surface area contributed by atoms with E-state index in [0.29, 0.717) is 28.2 Å². The zero-order valence-corrected chi connectivity index (χ0v) is 28.8. The summed E-state index contributed by atoms with van der Waals surface area (Å²) in [5.41, 5.74) is 7.09. The molecule has 14 nitrogen and oxygen atoms in total. The highest BCUT2D eigenvalue weighted by atomic mass is 32.1. The van der Waals surface area contributed by atoms with E-state index in [2.05, 4.69) is 25.4 Å². The molecule has 1 aliphatic carbocycles. The molecule has 0 radical (unpaired) electrons. The van der Waals surface area contributed by atoms with Gasteiger partial charge in [-0.25, -0.2) is 19.0 Å². The van der Waals surface area contributed by atoms with E-state index in [-0.39, 0.29) is 30.6 Å². The topological polar surface area (TPSA) is 221 Å². The molecule has 17 heteroatoms. The van der Waals surface area contributed by atoms with Crippen molar-refractivity contribution in [1.82, 2.24) is 25.1 Å². The maximum absolute atomic E-state index is 13.7. The number of carbonyl (C=O) groups is 1. The fraction of sp³-hybridized carbons (Fsp3) is 0.531. The third-order valence-electron chi connectivity index (χ3n) is 7.13. The van der Waals surface area contributed by atoms with Gasteiger partial charge in [-0.05, 0) is 45.7 Å². The molecule has 3 heterocycles. The lowest BCUT2D eigenvalue weighted by atomic mass is 9.96. The molecule has 0 aromatic carbocycles. The predicted octanol–water partition coefficient (Wildman–Crippen LogP) is 2.43. The van der Waals surface area contributed by atoms with Crippen molar-refractivity contribution in [3.05, 3.63) is 58.8 Å². The summed E-state index contributed by atoms with van der Waals surface area (Å²) in [6.45, 7) is 4.57. The van der Waals surface area contributed by atoms with Crippen LogP contribution in [-0.4, -0.2) is 109 Å². The number of halogens is 2. The number of carbonyl (C=O) groups excluding carboxylic acids is 1. The fourth-order valence-electron chi connectivity index (χ4n) is 4.51. The van der Waals surface area contributed by atoms with Crippen molar-refractivity contribution in [2.45, 2.75) is 89.6 Å². The first kappa shape index (κ1) is 41.5. The van der Waals surface area contributed by atoms with E-state index in [1.807, 2.05) is 0 Å². The van der Waals surface area contributed by atoms with Crippen LogP contribution in [0.4, 0.5) is 8.78 Å². The second kappa shape index (κ2) is 21.4. The molecule has 0 saturated heterocycles. The molecule has 0 spiro atoms. The van der Waals surface area contributed by atoms with Crippen LogP contribution in [0.5, 0.6) is 0 Å². The smallest absolute Gasteiger partial charge is 0.213 e. The van der Waals surface area contributed by atoms with Crippen LogP contribution in [0.15, 0.2) is 40.6 Å². The summed E-state index contributed by atoms with van der Waals surface area (Å²) < 4.78 is 33.7. The predicted molar refractivity (Wildman–Crippen MR) is 182 cm³/mol. The molecule has 4 rings (SSSR count). The number of aromatic nitrogens is 4. The van der Waals surface area contributed by atoms with Crippen molar-refractivity contribution in [3.8, 4) is 10.6 Å². The summed E-state index contributed by atoms with van der Waals surface area (Å²) in [4.78, 5) is 22.9. The second-order valence-electron chi connectivity index (χ2n) is 11.1. The first-order valence-electron chi connectivity index (χ1n) is 15.8. The number of nitrogens with two attached hydrogens (primary N) is 1. The third kappa shape index (κ3) is 12.9. The van der Waals surface area contributed by atoms with Gasteiger partial charge in [0.25, 0.3) is 0 Å². The quantitative estimate of drug-likeness (QED) is 0.0772. The summed E-state index contributed by atoms with van der Waals surface area (Å²) in [5.74, 6) is -1.43. The molecule has 8 N–H and O–H groups in total. The Bertz CT molecular complexity index is 1480. The average Bonchev–Trinajstić information content (AvgIpc) is 3.79. The van der Waals surface area contributed by atoms with Gasteiger partial charge in [0.05, 0.1) is 42.4 Å². The lowest BCUT2D eigenvalue weighted by Gasteiger charge is -2.30. The summed E-state index contributed by atoms with van der Waals surface area (Å²) in [6, 6.07) is 2.25. The number of aldehydes is 1. The van der Waals surface area contributed by atoms with Crippen molar-refractivity contribution < 1.29 is 43.8 Å². The van der Waals surface area contributed by atoms with Gasteiger partial charge in [0.15, 0.2) is 18.3 Å². The van der Waals surface area contributed by atoms with Gasteiger partial charge in [0.1, 0.15) is 28.6 Å². The van der Waals surface area contributed by atoms with Crippen LogP contribution in [0.25, 0.3) is 16.3 Å². The number of rotatable bonds is 13. The zero-order valence-electron chi connectivity index (χ0n) is 28.0. The number of pyridine rings is 1. The molecule has 1 saturated carbocycles. The molecule has 1 fully saturated rings. The number of hydrogen-bond acceptors (Lipinski definition) is 14. The Kier molecular flexibility index (Phi) is 18.1. The van der Waals surface area contributed by atoms with Crippen molar-refractivity contribution in [3.63, 3.8) is 0 Å². The molecule has 1 aliphatic rings. The Balaban J connectivity index is 0.000000319. The average molecular weight is 712 g/mol. The molecular formula is C32H47F2N7O7S. The highest BCUT2D eigenvalue weighted by Gasteiger charge is 2.33. The number of thiazole rings is 1. The Labute approximate surface area is 288 Å². The Morgan fingerprint density at radius 3 is 2.41 bits per heavy atom. The van der Waals surface area contributed by atoms with Crippen LogP contribution in [0, 0.1) is 11.8 Å². The maximum Gasteiger partial charge on any atom is 0.213 e. The van der Waals surface area contributed by atoms with Crippen molar-refractivity contribution in [2.24, 2.45) is 10.7 Å². The highest BCUT2D eigenvalue weighted by molar-refractivity contribution is 7.13. The van der Waals surface area contributed by atoms with Gasteiger partial charge >= 0.3 is 0 Å². The van der Waals surface area contributed by atoms with E-state index in [4.69, 9.17) is 15.6 Å². The molecule has 3 aromatic heterocycles. The molecule has 49 heavy (non-hydrogen) atoms. The number of hydrogen-bond donors (Lipinski definition) is 7. The number of allylic oxidation sites excluding steroid dienone is 1. The SMILES string of the molecule is CC(CO)OC(C(O)C(O)C(C)O)n1cc(-c2nc(C=O)cs2)cn1.CCO.CN/C(C=NC1CCCCC1)=C(/N)c1nc(F)ccc1F. The highest BCUT2D eigenvalue weighted by Crippen LogP contribution is 2.26. The van der Waals surface area contributed by atoms with Gasteiger partial charge in [-0.3, -0.25) is 9.79 Å². The Morgan fingerprint density at radius 2 is 1.84 bits per heavy atom. The van der Waals surface area contributed by atoms with Crippen LogP contribution in [0.2, 0.25) is 0 Å². The summed E-state index contributed by atoms with van der Waals surface area (Å²) in [5, 5.41) is 55.7. The standard InChI is InChI=1S/C15H20F2N4.C15H21N3O6S.C2H6O/c1-19-12(9-20-10-5-3-2-4-6-10)14(18)15-11(16)7-8-13(17)21-15;1-8(5-19)24-15(13(23)12(22)9(2)21)18-4-10(3-16-18)14-17-11(6-20)7-25-14;1-2-3/h7-10,19H,2-6,18H2,1H3;3-4,6-9,12-13,15,19,21-23H,5H2,1-2H3;3H,2H2,1H3/b14-12+,20-9?;;. The normalized spacial score (nSPS) is 17.0. The van der Waals surface area contributed by atoms with Gasteiger partial charge in [0, 0.05) is 37.0 Å². The van der Waals surface area contributed by atoms with Crippen molar-refractivity contribution in [1.29, 1.82) is 0 Å². The molecule has 3 aromatic rings. The first-order valence-corrected chi connectivity index (χ1v) is 16.7. The number of aliphatic hydroxyl groups excluding tert-OH is 5. The summed E-state index contributed by atoms with van der Waals surface area (Å²) >= 11 is 1.26. The minimum atomic E-state index is -1.48. The zero-order chi connectivity index (χ0) is 36.5. The number of aliphatic hydroxyl groups is 5. The third-order valence-corrected chi connectivity index (χ3v) is 8.04. The van der Waals surface area contributed by atoms with Crippen molar-refractivity contribution >= 4 is 29.5 Å². The summed E-state index contributed by atoms with van der Waals surface area (Å²) in [7, 11) is 1.66. The van der Waals surface area contributed by atoms with Gasteiger partial charge in [0.2, 0.25) is 5.95 Å². The van der Waals surface area contributed by atoms with Gasteiger partial charge in [-0.1, -0.05) is 19.3 Å². The molecule has 0 aliphatic heterocycles. The lowest BCUT2D eigenvalue weighted by Crippen LogP contribution is -2.43. The fourth-order valence-corrected chi connectivity index (χ4v) is 5.25. The number of aliphatic imine (C=N–C) groups is 1. The summed E-state index contributed by atoms with van der Waals surface area (Å²) in [6.07, 6.45) is 5.08. The van der Waals surface area contributed by atoms with Gasteiger partial charge in [-0.15, -0.1) is 11.3 Å². The van der Waals surface area contributed by atoms with E-state index in [9.17, 15) is 34.0 Å². The van der Waals surface area contributed by atoms with Crippen LogP contribution in [0.1, 0.15) is 75.3 Å². The van der Waals surface area contributed by atoms with Crippen LogP contribution >= 0.6 is 11.3 Å². The molecule has 0 bridgehead atoms.